The van der Waals surface area contributed by atoms with Crippen LogP contribution in [-0.2, 0) is 17.1 Å². The first-order valence-corrected chi connectivity index (χ1v) is 5.79. The smallest absolute Gasteiger partial charge is 0.192 e. The molecule has 2 aliphatic carbocycles. The van der Waals surface area contributed by atoms with E-state index >= 15 is 0 Å². The van der Waals surface area contributed by atoms with Gasteiger partial charge in [-0.3, -0.25) is 0 Å². The van der Waals surface area contributed by atoms with E-state index in [2.05, 4.69) is 18.9 Å². The SMILES string of the molecule is N#Cc1ccc([C]2[CH][CH][CH][CH]2)cc1.[CH]1[CH][CH][CH][CH]1.[Fe+2]. The fraction of sp³-hybridized carbons (Fsp3) is 0. The summed E-state index contributed by atoms with van der Waals surface area (Å²) in [6, 6.07) is 9.70. The Hall–Kier alpha value is -0.771. The van der Waals surface area contributed by atoms with Crippen LogP contribution in [0.5, 0.6) is 0 Å². The van der Waals surface area contributed by atoms with Crippen molar-refractivity contribution in [1.29, 1.82) is 5.26 Å². The Morgan fingerprint density at radius 1 is 0.684 bits per heavy atom. The van der Waals surface area contributed by atoms with Gasteiger partial charge in [-0.1, -0.05) is 12.1 Å². The number of nitriles is 1. The van der Waals surface area contributed by atoms with E-state index in [1.807, 2.05) is 69.2 Å². The molecule has 92 valence electrons. The van der Waals surface area contributed by atoms with Crippen LogP contribution >= 0.6 is 0 Å². The third kappa shape index (κ3) is 5.39. The second kappa shape index (κ2) is 9.18. The van der Waals surface area contributed by atoms with Crippen molar-refractivity contribution < 1.29 is 17.1 Å². The number of nitrogens with zero attached hydrogens (tertiary/aromatic N) is 1. The zero-order valence-corrected chi connectivity index (χ0v) is 11.4. The van der Waals surface area contributed by atoms with Crippen LogP contribution in [0, 0.1) is 75.0 Å². The minimum atomic E-state index is 0. The van der Waals surface area contributed by atoms with Crippen molar-refractivity contribution in [2.75, 3.05) is 0 Å². The fourth-order valence-corrected chi connectivity index (χ4v) is 1.62. The van der Waals surface area contributed by atoms with E-state index in [-0.39, 0.29) is 17.1 Å². The molecule has 0 aliphatic heterocycles. The van der Waals surface area contributed by atoms with Gasteiger partial charge in [-0.25, -0.2) is 0 Å². The first kappa shape index (κ1) is 16.3. The molecular formula is C17H13FeN+2. The van der Waals surface area contributed by atoms with Crippen molar-refractivity contribution in [3.8, 4) is 6.07 Å². The van der Waals surface area contributed by atoms with Crippen molar-refractivity contribution in [2.24, 2.45) is 0 Å². The summed E-state index contributed by atoms with van der Waals surface area (Å²) in [5, 5.41) is 8.61. The Balaban J connectivity index is 0.000000256. The van der Waals surface area contributed by atoms with Gasteiger partial charge in [-0.2, -0.15) is 5.26 Å². The van der Waals surface area contributed by atoms with Crippen LogP contribution in [0.1, 0.15) is 11.1 Å². The molecular weight excluding hydrogens is 274 g/mol. The number of benzene rings is 1. The predicted octanol–water partition coefficient (Wildman–Crippen LogP) is 3.33. The predicted molar refractivity (Wildman–Crippen MR) is 72.2 cm³/mol. The minimum absolute atomic E-state index is 0. The van der Waals surface area contributed by atoms with E-state index in [0.717, 1.165) is 5.56 Å². The molecule has 0 saturated heterocycles. The molecule has 0 spiro atoms. The Labute approximate surface area is 127 Å². The van der Waals surface area contributed by atoms with Gasteiger partial charge >= 0.3 is 17.1 Å². The standard InChI is InChI=1S/C12H8N.C5H5.Fe/c13-9-10-5-7-12(8-6-10)11-3-1-2-4-11;1-2-4-5-3-1;/h1-8H;1-5H;/q;;+2. The molecule has 10 radical (unpaired) electrons. The van der Waals surface area contributed by atoms with E-state index in [1.165, 1.54) is 5.92 Å². The zero-order valence-electron chi connectivity index (χ0n) is 10.3. The molecule has 1 nitrogen and oxygen atoms in total. The molecule has 19 heavy (non-hydrogen) atoms. The Morgan fingerprint density at radius 3 is 1.58 bits per heavy atom. The summed E-state index contributed by atoms with van der Waals surface area (Å²) in [6.07, 6.45) is 18.1. The van der Waals surface area contributed by atoms with E-state index in [9.17, 15) is 0 Å². The summed E-state index contributed by atoms with van der Waals surface area (Å²) in [5.41, 5.74) is 1.86. The van der Waals surface area contributed by atoms with Gasteiger partial charge in [0.25, 0.3) is 0 Å². The van der Waals surface area contributed by atoms with Gasteiger partial charge in [0.2, 0.25) is 0 Å². The van der Waals surface area contributed by atoms with Crippen molar-refractivity contribution >= 4 is 0 Å². The van der Waals surface area contributed by atoms with Gasteiger partial charge in [0.1, 0.15) is 0 Å². The van der Waals surface area contributed by atoms with Crippen molar-refractivity contribution in [3.63, 3.8) is 0 Å². The molecule has 0 atom stereocenters. The van der Waals surface area contributed by atoms with Crippen LogP contribution in [0.25, 0.3) is 0 Å². The maximum absolute atomic E-state index is 8.61. The summed E-state index contributed by atoms with van der Waals surface area (Å²) in [6.45, 7) is 0. The van der Waals surface area contributed by atoms with Gasteiger partial charge < -0.3 is 0 Å². The summed E-state index contributed by atoms with van der Waals surface area (Å²) in [7, 11) is 0. The van der Waals surface area contributed by atoms with Crippen LogP contribution in [0.2, 0.25) is 0 Å². The summed E-state index contributed by atoms with van der Waals surface area (Å²) >= 11 is 0. The van der Waals surface area contributed by atoms with Gasteiger partial charge in [-0.15, -0.1) is 0 Å². The molecule has 1 aromatic carbocycles. The van der Waals surface area contributed by atoms with Gasteiger partial charge in [-0.05, 0) is 75.5 Å². The molecule has 2 heteroatoms. The molecule has 0 N–H and O–H groups in total. The Bertz CT molecular complexity index is 373. The maximum Gasteiger partial charge on any atom is 2.00 e. The second-order valence-electron chi connectivity index (χ2n) is 3.82. The van der Waals surface area contributed by atoms with Crippen LogP contribution in [0.15, 0.2) is 24.3 Å². The first-order chi connectivity index (χ1) is 8.90. The fourth-order valence-electron chi connectivity index (χ4n) is 1.62. The molecule has 2 aliphatic rings. The topological polar surface area (TPSA) is 23.8 Å². The van der Waals surface area contributed by atoms with Crippen molar-refractivity contribution in [2.45, 2.75) is 0 Å². The van der Waals surface area contributed by atoms with Crippen molar-refractivity contribution in [1.82, 2.24) is 0 Å². The molecule has 2 saturated carbocycles. The van der Waals surface area contributed by atoms with E-state index < -0.39 is 0 Å². The third-order valence-electron chi connectivity index (χ3n) is 2.57. The minimum Gasteiger partial charge on any atom is -0.192 e. The molecule has 0 amide bonds. The van der Waals surface area contributed by atoms with Crippen molar-refractivity contribution in [3.05, 3.63) is 99.1 Å². The summed E-state index contributed by atoms with van der Waals surface area (Å²) in [4.78, 5) is 0. The largest absolute Gasteiger partial charge is 2.00 e. The molecule has 0 aromatic heterocycles. The number of hydrogen-bond acceptors (Lipinski definition) is 1. The first-order valence-electron chi connectivity index (χ1n) is 5.79. The quantitative estimate of drug-likeness (QED) is 0.727. The molecule has 1 aromatic rings. The average Bonchev–Trinajstić information content (AvgIpc) is 3.14. The van der Waals surface area contributed by atoms with Gasteiger partial charge in [0, 0.05) is 5.92 Å². The van der Waals surface area contributed by atoms with E-state index in [4.69, 9.17) is 5.26 Å². The normalized spacial score (nSPS) is 18.1. The molecule has 0 heterocycles. The zero-order chi connectivity index (χ0) is 12.6. The molecule has 3 rings (SSSR count). The molecule has 0 bridgehead atoms. The number of rotatable bonds is 1. The summed E-state index contributed by atoms with van der Waals surface area (Å²) < 4.78 is 0. The van der Waals surface area contributed by atoms with Gasteiger partial charge in [0.15, 0.2) is 0 Å². The average molecular weight is 287 g/mol. The van der Waals surface area contributed by atoms with E-state index in [1.54, 1.807) is 0 Å². The van der Waals surface area contributed by atoms with E-state index in [0.29, 0.717) is 5.56 Å². The van der Waals surface area contributed by atoms with Crippen LogP contribution in [0.3, 0.4) is 0 Å². The third-order valence-corrected chi connectivity index (χ3v) is 2.57. The molecule has 2 fully saturated rings. The summed E-state index contributed by atoms with van der Waals surface area (Å²) in [5.74, 6) is 1.20. The van der Waals surface area contributed by atoms with Crippen LogP contribution in [0.4, 0.5) is 0 Å². The second-order valence-corrected chi connectivity index (χ2v) is 3.82. The monoisotopic (exact) mass is 287 g/mol. The Kier molecular flexibility index (Phi) is 7.87. The number of hydrogen-bond donors (Lipinski definition) is 0. The molecule has 0 unspecified atom stereocenters. The Morgan fingerprint density at radius 2 is 1.16 bits per heavy atom. The maximum atomic E-state index is 8.61. The van der Waals surface area contributed by atoms with Gasteiger partial charge in [0.05, 0.1) is 11.6 Å². The van der Waals surface area contributed by atoms with Crippen LogP contribution < -0.4 is 0 Å². The van der Waals surface area contributed by atoms with Crippen LogP contribution in [-0.4, -0.2) is 0 Å².